The van der Waals surface area contributed by atoms with E-state index in [4.69, 9.17) is 11.6 Å². The zero-order chi connectivity index (χ0) is 19.6. The van der Waals surface area contributed by atoms with Crippen LogP contribution in [0.4, 0.5) is 0 Å². The van der Waals surface area contributed by atoms with Gasteiger partial charge in [-0.1, -0.05) is 50.4 Å². The lowest BCUT2D eigenvalue weighted by Crippen LogP contribution is -2.41. The van der Waals surface area contributed by atoms with E-state index in [0.717, 1.165) is 37.9 Å². The Morgan fingerprint density at radius 3 is 2.70 bits per heavy atom. The Balaban J connectivity index is 1.78. The van der Waals surface area contributed by atoms with E-state index in [9.17, 15) is 9.59 Å². The monoisotopic (exact) mass is 391 g/mol. The van der Waals surface area contributed by atoms with Crippen molar-refractivity contribution in [2.24, 2.45) is 5.92 Å². The second kappa shape index (κ2) is 11.1. The van der Waals surface area contributed by atoms with Gasteiger partial charge in [-0.25, -0.2) is 0 Å². The molecule has 148 valence electrons. The molecule has 1 atom stereocenters. The Labute approximate surface area is 167 Å². The second-order valence-electron chi connectivity index (χ2n) is 7.02. The molecule has 2 N–H and O–H groups in total. The van der Waals surface area contributed by atoms with Crippen LogP contribution in [-0.2, 0) is 9.59 Å². The summed E-state index contributed by atoms with van der Waals surface area (Å²) in [5.41, 5.74) is 0.921. The molecule has 1 aliphatic rings. The first-order valence-electron chi connectivity index (χ1n) is 9.74. The first-order valence-corrected chi connectivity index (χ1v) is 10.1. The molecule has 0 spiro atoms. The van der Waals surface area contributed by atoms with Gasteiger partial charge in [0.25, 0.3) is 0 Å². The molecule has 0 unspecified atom stereocenters. The average molecular weight is 392 g/mol. The van der Waals surface area contributed by atoms with E-state index in [-0.39, 0.29) is 17.9 Å². The lowest BCUT2D eigenvalue weighted by Gasteiger charge is -2.25. The predicted octanol–water partition coefficient (Wildman–Crippen LogP) is 3.10. The van der Waals surface area contributed by atoms with E-state index in [1.807, 2.05) is 17.0 Å². The Bertz CT molecular complexity index is 641. The summed E-state index contributed by atoms with van der Waals surface area (Å²) in [6.45, 7) is 6.76. The van der Waals surface area contributed by atoms with Crippen molar-refractivity contribution in [3.63, 3.8) is 0 Å². The Morgan fingerprint density at radius 1 is 1.33 bits per heavy atom. The van der Waals surface area contributed by atoms with E-state index >= 15 is 0 Å². The molecule has 0 bridgehead atoms. The van der Waals surface area contributed by atoms with Gasteiger partial charge in [0.2, 0.25) is 11.8 Å². The molecule has 5 nitrogen and oxygen atoms in total. The van der Waals surface area contributed by atoms with Gasteiger partial charge in [0, 0.05) is 36.8 Å². The van der Waals surface area contributed by atoms with Crippen molar-refractivity contribution in [3.05, 3.63) is 40.9 Å². The van der Waals surface area contributed by atoms with Crippen LogP contribution in [-0.4, -0.2) is 48.9 Å². The molecule has 2 rings (SSSR count). The molecule has 1 fully saturated rings. The molecule has 2 amide bonds. The fourth-order valence-corrected chi connectivity index (χ4v) is 3.26. The molecule has 0 aliphatic carbocycles. The largest absolute Gasteiger partial charge is 0.351 e. The lowest BCUT2D eigenvalue weighted by molar-refractivity contribution is -0.130. The highest BCUT2D eigenvalue weighted by molar-refractivity contribution is 6.30. The molecule has 0 aromatic heterocycles. The smallest absolute Gasteiger partial charge is 0.244 e. The quantitative estimate of drug-likeness (QED) is 0.669. The standard InChI is InChI=1S/C21H30ClN3O2/c1-3-16(4-2)15-25-12-11-19(23-14-21(25)27)13-24-20(26)10-7-17-5-8-18(22)9-6-17/h5-10,16,19,23H,3-4,11-15H2,1-2H3,(H,24,26)/b10-7+/t19-/m0/s1. The van der Waals surface area contributed by atoms with E-state index in [1.165, 1.54) is 6.08 Å². The normalized spacial score (nSPS) is 18.1. The number of carbonyl (C=O) groups excluding carboxylic acids is 2. The van der Waals surface area contributed by atoms with Gasteiger partial charge in [0.05, 0.1) is 6.54 Å². The number of hydrogen-bond donors (Lipinski definition) is 2. The molecule has 0 radical (unpaired) electrons. The van der Waals surface area contributed by atoms with Gasteiger partial charge < -0.3 is 15.5 Å². The van der Waals surface area contributed by atoms with Crippen LogP contribution >= 0.6 is 11.6 Å². The number of halogens is 1. The second-order valence-corrected chi connectivity index (χ2v) is 7.46. The summed E-state index contributed by atoms with van der Waals surface area (Å²) in [5, 5.41) is 6.84. The summed E-state index contributed by atoms with van der Waals surface area (Å²) < 4.78 is 0. The van der Waals surface area contributed by atoms with Crippen molar-refractivity contribution < 1.29 is 9.59 Å². The minimum Gasteiger partial charge on any atom is -0.351 e. The van der Waals surface area contributed by atoms with Crippen molar-refractivity contribution in [2.75, 3.05) is 26.2 Å². The number of benzene rings is 1. The molecular formula is C21H30ClN3O2. The molecule has 1 aromatic carbocycles. The molecule has 1 aromatic rings. The molecule has 6 heteroatoms. The minimum absolute atomic E-state index is 0.105. The first-order chi connectivity index (χ1) is 13.0. The van der Waals surface area contributed by atoms with Gasteiger partial charge in [-0.3, -0.25) is 9.59 Å². The molecular weight excluding hydrogens is 362 g/mol. The Kier molecular flexibility index (Phi) is 8.82. The van der Waals surface area contributed by atoms with Gasteiger partial charge in [-0.2, -0.15) is 0 Å². The summed E-state index contributed by atoms with van der Waals surface area (Å²) in [6.07, 6.45) is 6.30. The van der Waals surface area contributed by atoms with Gasteiger partial charge in [-0.05, 0) is 36.1 Å². The maximum Gasteiger partial charge on any atom is 0.244 e. The number of nitrogens with zero attached hydrogens (tertiary/aromatic N) is 1. The highest BCUT2D eigenvalue weighted by atomic mass is 35.5. The van der Waals surface area contributed by atoms with E-state index in [2.05, 4.69) is 24.5 Å². The van der Waals surface area contributed by atoms with Crippen LogP contribution in [0.15, 0.2) is 30.3 Å². The van der Waals surface area contributed by atoms with Crippen LogP contribution in [0.25, 0.3) is 6.08 Å². The zero-order valence-electron chi connectivity index (χ0n) is 16.2. The summed E-state index contributed by atoms with van der Waals surface area (Å²) in [7, 11) is 0. The van der Waals surface area contributed by atoms with Crippen LogP contribution in [0.2, 0.25) is 5.02 Å². The summed E-state index contributed by atoms with van der Waals surface area (Å²) >= 11 is 5.85. The number of nitrogens with one attached hydrogen (secondary N) is 2. The van der Waals surface area contributed by atoms with Crippen LogP contribution in [0.3, 0.4) is 0 Å². The summed E-state index contributed by atoms with van der Waals surface area (Å²) in [5.74, 6) is 0.567. The Hall–Kier alpha value is -1.85. The highest BCUT2D eigenvalue weighted by Crippen LogP contribution is 2.13. The van der Waals surface area contributed by atoms with E-state index in [1.54, 1.807) is 18.2 Å². The molecule has 1 saturated heterocycles. The number of rotatable bonds is 8. The van der Waals surface area contributed by atoms with Crippen LogP contribution in [0.1, 0.15) is 38.7 Å². The molecule has 27 heavy (non-hydrogen) atoms. The SMILES string of the molecule is CCC(CC)CN1CC[C@@H](CNC(=O)/C=C/c2ccc(Cl)cc2)NCC1=O. The fourth-order valence-electron chi connectivity index (χ4n) is 3.14. The number of hydrogen-bond acceptors (Lipinski definition) is 3. The molecule has 0 saturated carbocycles. The minimum atomic E-state index is -0.142. The van der Waals surface area contributed by atoms with Crippen molar-refractivity contribution in [1.82, 2.24) is 15.5 Å². The van der Waals surface area contributed by atoms with Crippen LogP contribution < -0.4 is 10.6 Å². The van der Waals surface area contributed by atoms with Gasteiger partial charge in [0.15, 0.2) is 0 Å². The van der Waals surface area contributed by atoms with Crippen molar-refractivity contribution >= 4 is 29.5 Å². The third-order valence-electron chi connectivity index (χ3n) is 5.10. The van der Waals surface area contributed by atoms with E-state index < -0.39 is 0 Å². The van der Waals surface area contributed by atoms with Crippen molar-refractivity contribution in [1.29, 1.82) is 0 Å². The van der Waals surface area contributed by atoms with Gasteiger partial charge in [-0.15, -0.1) is 0 Å². The van der Waals surface area contributed by atoms with Crippen molar-refractivity contribution in [3.8, 4) is 0 Å². The average Bonchev–Trinajstić information content (AvgIpc) is 2.85. The summed E-state index contributed by atoms with van der Waals surface area (Å²) in [4.78, 5) is 26.3. The van der Waals surface area contributed by atoms with Crippen molar-refractivity contribution in [2.45, 2.75) is 39.2 Å². The van der Waals surface area contributed by atoms with Crippen LogP contribution in [0.5, 0.6) is 0 Å². The van der Waals surface area contributed by atoms with E-state index in [0.29, 0.717) is 24.0 Å². The maximum absolute atomic E-state index is 12.3. The molecule has 1 heterocycles. The fraction of sp³-hybridized carbons (Fsp3) is 0.524. The molecule has 1 aliphatic heterocycles. The number of carbonyl (C=O) groups is 2. The summed E-state index contributed by atoms with van der Waals surface area (Å²) in [6, 6.07) is 7.41. The predicted molar refractivity (Wildman–Crippen MR) is 111 cm³/mol. The number of amides is 2. The maximum atomic E-state index is 12.3. The highest BCUT2D eigenvalue weighted by Gasteiger charge is 2.23. The first kappa shape index (κ1) is 21.5. The van der Waals surface area contributed by atoms with Gasteiger partial charge >= 0.3 is 0 Å². The Morgan fingerprint density at radius 2 is 2.04 bits per heavy atom. The lowest BCUT2D eigenvalue weighted by atomic mass is 10.0. The zero-order valence-corrected chi connectivity index (χ0v) is 17.0. The third-order valence-corrected chi connectivity index (χ3v) is 5.35. The van der Waals surface area contributed by atoms with Crippen LogP contribution in [0, 0.1) is 5.92 Å². The topological polar surface area (TPSA) is 61.4 Å². The van der Waals surface area contributed by atoms with Gasteiger partial charge in [0.1, 0.15) is 0 Å². The third kappa shape index (κ3) is 7.35.